The number of carbonyl (C=O) groups excluding carboxylic acids is 1. The number of carbonyl (C=O) groups is 1. The van der Waals surface area contributed by atoms with Gasteiger partial charge in [-0.3, -0.25) is 0 Å². The molecule has 22 heavy (non-hydrogen) atoms. The Morgan fingerprint density at radius 2 is 0.909 bits per heavy atom. The Labute approximate surface area is 137 Å². The number of hydrogen-bond acceptors (Lipinski definition) is 2. The van der Waals surface area contributed by atoms with Crippen LogP contribution in [-0.2, 0) is 9.32 Å². The van der Waals surface area contributed by atoms with E-state index < -0.39 is 7.49 Å². The Bertz CT molecular complexity index is 294. The second-order valence-electron chi connectivity index (χ2n) is 8.07. The van der Waals surface area contributed by atoms with Gasteiger partial charge in [0.15, 0.2) is 0 Å². The molecular weight excluding hydrogens is 291 g/mol. The molecule has 0 radical (unpaired) electrons. The zero-order chi connectivity index (χ0) is 15.3. The molecule has 3 saturated carbocycles. The Morgan fingerprint density at radius 1 is 0.591 bits per heavy atom. The molecule has 0 N–H and O–H groups in total. The molecule has 0 saturated heterocycles. The average Bonchev–Trinajstić information content (AvgIpc) is 2.62. The zero-order valence-corrected chi connectivity index (χ0v) is 15.2. The molecule has 0 atom stereocenters. The first kappa shape index (κ1) is 16.7. The molecule has 3 heteroatoms. The van der Waals surface area contributed by atoms with Gasteiger partial charge in [-0.2, -0.15) is 0 Å². The van der Waals surface area contributed by atoms with E-state index in [0.29, 0.717) is 0 Å². The summed E-state index contributed by atoms with van der Waals surface area (Å²) in [4.78, 5) is 11.6. The van der Waals surface area contributed by atoms with Gasteiger partial charge in [-0.15, -0.1) is 0 Å². The molecule has 3 fully saturated rings. The Kier molecular flexibility index (Phi) is 6.19. The minimum atomic E-state index is -1.96. The van der Waals surface area contributed by atoms with Crippen molar-refractivity contribution in [3.05, 3.63) is 0 Å². The fourth-order valence-electron chi connectivity index (χ4n) is 6.03. The topological polar surface area (TPSA) is 26.3 Å². The molecule has 0 bridgehead atoms. The predicted octanol–water partition coefficient (Wildman–Crippen LogP) is 5.82. The molecule has 128 valence electrons. The summed E-state index contributed by atoms with van der Waals surface area (Å²) >= 11 is 0. The molecule has 3 rings (SSSR count). The molecule has 0 aromatic rings. The van der Waals surface area contributed by atoms with Crippen LogP contribution in [0.2, 0.25) is 0 Å². The summed E-state index contributed by atoms with van der Waals surface area (Å²) in [5.74, 6) is 0. The fourth-order valence-corrected chi connectivity index (χ4v) is 12.7. The van der Waals surface area contributed by atoms with Gasteiger partial charge in [-0.05, 0) is 0 Å². The summed E-state index contributed by atoms with van der Waals surface area (Å²) in [6.45, 7) is 0.879. The van der Waals surface area contributed by atoms with Gasteiger partial charge in [-0.25, -0.2) is 0 Å². The maximum absolute atomic E-state index is 11.6. The summed E-state index contributed by atoms with van der Waals surface area (Å²) < 4.78 is 6.31. The minimum absolute atomic E-state index is 0.776. The van der Waals surface area contributed by atoms with Gasteiger partial charge < -0.3 is 0 Å². The van der Waals surface area contributed by atoms with Crippen molar-refractivity contribution < 1.29 is 9.32 Å². The van der Waals surface area contributed by atoms with Crippen LogP contribution in [0.3, 0.4) is 0 Å². The van der Waals surface area contributed by atoms with E-state index in [0.717, 1.165) is 23.4 Å². The van der Waals surface area contributed by atoms with Crippen molar-refractivity contribution in [2.75, 3.05) is 0 Å². The third-order valence-electron chi connectivity index (χ3n) is 6.98. The van der Waals surface area contributed by atoms with Gasteiger partial charge in [0.2, 0.25) is 0 Å². The summed E-state index contributed by atoms with van der Waals surface area (Å²) in [5, 5.41) is 0. The molecule has 0 unspecified atom stereocenters. The number of hydrogen-bond donors (Lipinski definition) is 0. The van der Waals surface area contributed by atoms with Crippen molar-refractivity contribution in [3.8, 4) is 0 Å². The Balaban J connectivity index is 1.89. The van der Waals surface area contributed by atoms with Crippen molar-refractivity contribution in [3.63, 3.8) is 0 Å². The van der Waals surface area contributed by atoms with Crippen LogP contribution in [0.4, 0.5) is 0 Å². The van der Waals surface area contributed by atoms with Crippen LogP contribution in [0.5, 0.6) is 0 Å². The van der Waals surface area contributed by atoms with Crippen LogP contribution < -0.4 is 0 Å². The van der Waals surface area contributed by atoms with Crippen molar-refractivity contribution in [1.29, 1.82) is 0 Å². The number of rotatable bonds is 5. The molecule has 0 amide bonds. The van der Waals surface area contributed by atoms with Crippen LogP contribution in [0.1, 0.15) is 96.3 Å². The Morgan fingerprint density at radius 3 is 1.18 bits per heavy atom. The predicted molar refractivity (Wildman–Crippen MR) is 96.1 cm³/mol. The normalized spacial score (nSPS) is 27.5. The van der Waals surface area contributed by atoms with E-state index >= 15 is 0 Å². The van der Waals surface area contributed by atoms with Crippen molar-refractivity contribution in [2.24, 2.45) is 0 Å². The summed E-state index contributed by atoms with van der Waals surface area (Å²) in [6.07, 6.45) is 20.6. The first-order chi connectivity index (χ1) is 10.9. The van der Waals surface area contributed by atoms with Gasteiger partial charge in [0.1, 0.15) is 0 Å². The standard InChI is InChI=1S/C19H35O2P/c20-16-21-22(17-10-4-1-5-11-17,18-12-6-2-7-13-18)19-14-8-3-9-15-19/h16-19,22H,1-15H2. The van der Waals surface area contributed by atoms with Gasteiger partial charge in [0.05, 0.1) is 0 Å². The van der Waals surface area contributed by atoms with Crippen LogP contribution >= 0.6 is 7.49 Å². The quantitative estimate of drug-likeness (QED) is 0.470. The fraction of sp³-hybridized carbons (Fsp3) is 0.947. The summed E-state index contributed by atoms with van der Waals surface area (Å²) in [6, 6.07) is 0. The van der Waals surface area contributed by atoms with Crippen molar-refractivity contribution in [1.82, 2.24) is 0 Å². The summed E-state index contributed by atoms with van der Waals surface area (Å²) in [7, 11) is -1.96. The molecule has 0 heterocycles. The molecule has 3 aliphatic carbocycles. The van der Waals surface area contributed by atoms with Gasteiger partial charge >= 0.3 is 137 Å². The van der Waals surface area contributed by atoms with Crippen molar-refractivity contribution in [2.45, 2.75) is 113 Å². The first-order valence-corrected chi connectivity index (χ1v) is 12.1. The molecule has 2 nitrogen and oxygen atoms in total. The molecule has 0 aromatic heterocycles. The van der Waals surface area contributed by atoms with E-state index in [4.69, 9.17) is 4.52 Å². The van der Waals surface area contributed by atoms with Gasteiger partial charge in [0.25, 0.3) is 0 Å². The SMILES string of the molecule is O=CO[PH](C1CCCCC1)(C1CCCCC1)C1CCCCC1. The van der Waals surface area contributed by atoms with Crippen molar-refractivity contribution >= 4 is 14.0 Å². The van der Waals surface area contributed by atoms with Crippen LogP contribution in [0.25, 0.3) is 0 Å². The van der Waals surface area contributed by atoms with E-state index in [1.165, 1.54) is 96.3 Å². The van der Waals surface area contributed by atoms with Crippen LogP contribution in [0.15, 0.2) is 0 Å². The first-order valence-electron chi connectivity index (χ1n) is 9.99. The average molecular weight is 326 g/mol. The second-order valence-corrected chi connectivity index (χ2v) is 12.5. The third-order valence-corrected chi connectivity index (χ3v) is 13.0. The zero-order valence-electron chi connectivity index (χ0n) is 14.2. The molecule has 3 aliphatic rings. The second kappa shape index (κ2) is 8.13. The van der Waals surface area contributed by atoms with E-state index in [1.54, 1.807) is 0 Å². The van der Waals surface area contributed by atoms with E-state index in [2.05, 4.69) is 0 Å². The Hall–Kier alpha value is -0.100. The molecular formula is C19H35O2P. The van der Waals surface area contributed by atoms with Crippen LogP contribution in [-0.4, -0.2) is 23.4 Å². The molecule has 0 aliphatic heterocycles. The van der Waals surface area contributed by atoms with E-state index in [1.807, 2.05) is 0 Å². The van der Waals surface area contributed by atoms with Crippen LogP contribution in [0, 0.1) is 0 Å². The van der Waals surface area contributed by atoms with Gasteiger partial charge in [0, 0.05) is 0 Å². The maximum atomic E-state index is 11.6. The monoisotopic (exact) mass is 326 g/mol. The van der Waals surface area contributed by atoms with E-state index in [9.17, 15) is 4.79 Å². The summed E-state index contributed by atoms with van der Waals surface area (Å²) in [5.41, 5.74) is 2.33. The van der Waals surface area contributed by atoms with E-state index in [-0.39, 0.29) is 0 Å². The van der Waals surface area contributed by atoms with Gasteiger partial charge in [-0.1, -0.05) is 0 Å². The molecule has 0 spiro atoms. The third kappa shape index (κ3) is 3.37. The molecule has 0 aromatic carbocycles.